The minimum Gasteiger partial charge on any atom is -0.494 e. The zero-order chi connectivity index (χ0) is 27.2. The van der Waals surface area contributed by atoms with E-state index in [2.05, 4.69) is 9.98 Å². The molecule has 9 nitrogen and oxygen atoms in total. The molecule has 5 rings (SSSR count). The van der Waals surface area contributed by atoms with Gasteiger partial charge in [-0.05, 0) is 6.07 Å². The van der Waals surface area contributed by atoms with E-state index < -0.39 is 24.5 Å². The fourth-order valence-corrected chi connectivity index (χ4v) is 4.04. The first-order chi connectivity index (χ1) is 19.1. The number of hydrogen-bond acceptors (Lipinski definition) is 9. The molecule has 1 aromatic heterocycles. The summed E-state index contributed by atoms with van der Waals surface area (Å²) >= 11 is 0. The number of methoxy groups -OCH3 is 2. The number of benzene rings is 2. The molecule has 0 amide bonds. The fourth-order valence-electron chi connectivity index (χ4n) is 4.04. The summed E-state index contributed by atoms with van der Waals surface area (Å²) in [5.74, 6) is -1.26. The molecule has 0 radical (unpaired) electrons. The molecule has 0 atom stereocenters. The van der Waals surface area contributed by atoms with Gasteiger partial charge in [0.1, 0.15) is 19.4 Å². The van der Waals surface area contributed by atoms with Crippen LogP contribution in [0.2, 0.25) is 0 Å². The molecule has 2 aromatic carbocycles. The maximum absolute atomic E-state index is 14.6. The summed E-state index contributed by atoms with van der Waals surface area (Å²) in [6.07, 6.45) is 4.08. The Bertz CT molecular complexity index is 1300. The van der Waals surface area contributed by atoms with Gasteiger partial charge in [-0.1, -0.05) is 30.3 Å². The van der Waals surface area contributed by atoms with E-state index in [4.69, 9.17) is 28.4 Å². The van der Waals surface area contributed by atoms with Crippen LogP contribution < -0.4 is 19.1 Å². The summed E-state index contributed by atoms with van der Waals surface area (Å²) in [6.45, 7) is 0.662. The highest BCUT2D eigenvalue weighted by Crippen LogP contribution is 2.32. The van der Waals surface area contributed by atoms with Gasteiger partial charge in [-0.15, -0.1) is 0 Å². The number of aliphatic imine (C=N–C) groups is 1. The van der Waals surface area contributed by atoms with E-state index in [-0.39, 0.29) is 23.2 Å². The Morgan fingerprint density at radius 3 is 2.33 bits per heavy atom. The maximum Gasteiger partial charge on any atom is 0.213 e. The normalized spacial score (nSPS) is 18.9. The van der Waals surface area contributed by atoms with Crippen molar-refractivity contribution in [2.24, 2.45) is 4.99 Å². The summed E-state index contributed by atoms with van der Waals surface area (Å²) in [5.41, 5.74) is 1.37. The molecule has 1 fully saturated rings. The Kier molecular flexibility index (Phi) is 8.18. The van der Waals surface area contributed by atoms with Crippen molar-refractivity contribution in [2.45, 2.75) is 19.0 Å². The van der Waals surface area contributed by atoms with E-state index in [1.807, 2.05) is 36.4 Å². The van der Waals surface area contributed by atoms with Crippen LogP contribution in [-0.2, 0) is 20.8 Å². The van der Waals surface area contributed by atoms with Crippen molar-refractivity contribution in [1.29, 1.82) is 0 Å². The Labute approximate surface area is 224 Å². The fraction of sp³-hybridized carbons (Fsp3) is 0.286. The van der Waals surface area contributed by atoms with Gasteiger partial charge in [0.15, 0.2) is 35.2 Å². The monoisotopic (exact) mass is 539 g/mol. The van der Waals surface area contributed by atoms with Crippen LogP contribution in [0, 0.1) is 11.6 Å². The zero-order valence-corrected chi connectivity index (χ0v) is 21.4. The van der Waals surface area contributed by atoms with Crippen LogP contribution in [0.25, 0.3) is 0 Å². The second kappa shape index (κ2) is 12.1. The van der Waals surface area contributed by atoms with E-state index >= 15 is 0 Å². The average molecular weight is 540 g/mol. The first-order valence-electron chi connectivity index (χ1n) is 12.2. The number of aromatic nitrogens is 1. The third kappa shape index (κ3) is 6.10. The average Bonchev–Trinajstić information content (AvgIpc) is 2.99. The van der Waals surface area contributed by atoms with Gasteiger partial charge in [-0.3, -0.25) is 4.99 Å². The summed E-state index contributed by atoms with van der Waals surface area (Å²) in [7, 11) is 2.58. The van der Waals surface area contributed by atoms with Crippen molar-refractivity contribution in [3.63, 3.8) is 0 Å². The van der Waals surface area contributed by atoms with Gasteiger partial charge < -0.3 is 33.3 Å². The number of pyridine rings is 1. The second-order valence-corrected chi connectivity index (χ2v) is 8.63. The maximum atomic E-state index is 14.6. The van der Waals surface area contributed by atoms with Gasteiger partial charge in [-0.2, -0.15) is 0 Å². The van der Waals surface area contributed by atoms with Crippen molar-refractivity contribution in [2.75, 3.05) is 39.0 Å². The molecule has 11 heteroatoms. The predicted molar refractivity (Wildman–Crippen MR) is 138 cm³/mol. The minimum absolute atomic E-state index is 0.143. The first-order valence-corrected chi connectivity index (χ1v) is 12.2. The van der Waals surface area contributed by atoms with Crippen LogP contribution in [0.4, 0.5) is 14.5 Å². The molecule has 3 heterocycles. The van der Waals surface area contributed by atoms with E-state index in [0.29, 0.717) is 31.5 Å². The molecule has 39 heavy (non-hydrogen) atoms. The topological polar surface area (TPSA) is 83.9 Å². The van der Waals surface area contributed by atoms with Crippen molar-refractivity contribution in [3.05, 3.63) is 89.4 Å². The molecule has 204 valence electrons. The van der Waals surface area contributed by atoms with Crippen molar-refractivity contribution in [1.82, 2.24) is 4.98 Å². The molecular weight excluding hydrogens is 512 g/mol. The number of ether oxygens (including phenoxy) is 6. The predicted octanol–water partition coefficient (Wildman–Crippen LogP) is 4.78. The zero-order valence-electron chi connectivity index (χ0n) is 21.4. The summed E-state index contributed by atoms with van der Waals surface area (Å²) in [5, 5.41) is 0. The van der Waals surface area contributed by atoms with E-state index in [9.17, 15) is 8.78 Å². The summed E-state index contributed by atoms with van der Waals surface area (Å²) in [4.78, 5) is 10.4. The molecule has 0 unspecified atom stereocenters. The van der Waals surface area contributed by atoms with Crippen LogP contribution >= 0.6 is 0 Å². The molecule has 3 aromatic rings. The molecular formula is C28H27F2N3O6. The lowest BCUT2D eigenvalue weighted by Crippen LogP contribution is -2.35. The molecule has 0 aliphatic carbocycles. The highest BCUT2D eigenvalue weighted by atomic mass is 19.1. The lowest BCUT2D eigenvalue weighted by Gasteiger charge is -2.29. The third-order valence-corrected chi connectivity index (χ3v) is 6.06. The molecule has 1 saturated heterocycles. The lowest BCUT2D eigenvalue weighted by molar-refractivity contribution is -0.216. The van der Waals surface area contributed by atoms with Crippen LogP contribution in [0.5, 0.6) is 17.4 Å². The van der Waals surface area contributed by atoms with Crippen LogP contribution in [-0.4, -0.2) is 51.4 Å². The number of anilines is 1. The van der Waals surface area contributed by atoms with Crippen molar-refractivity contribution < 1.29 is 37.2 Å². The Hall–Kier alpha value is -4.22. The van der Waals surface area contributed by atoms with Crippen molar-refractivity contribution in [3.8, 4) is 17.4 Å². The van der Waals surface area contributed by atoms with Gasteiger partial charge in [0, 0.05) is 23.9 Å². The van der Waals surface area contributed by atoms with Gasteiger partial charge in [-0.25, -0.2) is 13.8 Å². The highest BCUT2D eigenvalue weighted by Gasteiger charge is 2.25. The number of allylic oxidation sites excluding steroid dienone is 1. The molecule has 0 spiro atoms. The largest absolute Gasteiger partial charge is 0.494 e. The van der Waals surface area contributed by atoms with Gasteiger partial charge in [0.2, 0.25) is 5.88 Å². The standard InChI is InChI=1S/C28H27F2N3O6/c1-34-23-10-24(35-2)27(30)22(26(23)29)16-36-20-12-31-17-33(13-20)19-8-9-25(32-11-19)39-21-14-37-28(38-15-21)18-6-4-3-5-7-18/h3-13,21,28H,14-17H2,1-2H3. The Morgan fingerprint density at radius 1 is 0.974 bits per heavy atom. The van der Waals surface area contributed by atoms with Gasteiger partial charge in [0.05, 0.1) is 51.1 Å². The molecule has 0 saturated carbocycles. The SMILES string of the molecule is COc1cc(OC)c(F)c(COC2=CN(c3ccc(OC4COC(c5ccccc5)OC4)nc3)CN=C2)c1F. The Balaban J connectivity index is 1.18. The number of nitrogens with zero attached hydrogens (tertiary/aromatic N) is 3. The van der Waals surface area contributed by atoms with Crippen LogP contribution in [0.1, 0.15) is 17.4 Å². The van der Waals surface area contributed by atoms with Crippen molar-refractivity contribution >= 4 is 11.9 Å². The molecule has 0 N–H and O–H groups in total. The molecule has 2 aliphatic heterocycles. The number of hydrogen-bond donors (Lipinski definition) is 0. The molecule has 2 aliphatic rings. The van der Waals surface area contributed by atoms with Gasteiger partial charge >= 0.3 is 0 Å². The van der Waals surface area contributed by atoms with Crippen LogP contribution in [0.15, 0.2) is 71.7 Å². The number of halogens is 2. The molecule has 0 bridgehead atoms. The summed E-state index contributed by atoms with van der Waals surface area (Å²) in [6, 6.07) is 14.4. The second-order valence-electron chi connectivity index (χ2n) is 8.63. The smallest absolute Gasteiger partial charge is 0.213 e. The van der Waals surface area contributed by atoms with E-state index in [0.717, 1.165) is 17.3 Å². The highest BCUT2D eigenvalue weighted by molar-refractivity contribution is 5.78. The summed E-state index contributed by atoms with van der Waals surface area (Å²) < 4.78 is 62.4. The van der Waals surface area contributed by atoms with E-state index in [1.54, 1.807) is 23.4 Å². The third-order valence-electron chi connectivity index (χ3n) is 6.06. The number of rotatable bonds is 9. The lowest BCUT2D eigenvalue weighted by atomic mass is 10.1. The van der Waals surface area contributed by atoms with Crippen LogP contribution in [0.3, 0.4) is 0 Å². The van der Waals surface area contributed by atoms with Gasteiger partial charge in [0.25, 0.3) is 0 Å². The van der Waals surface area contributed by atoms with E-state index in [1.165, 1.54) is 20.4 Å². The first kappa shape index (κ1) is 26.4. The quantitative estimate of drug-likeness (QED) is 0.384. The minimum atomic E-state index is -0.856. The Morgan fingerprint density at radius 2 is 1.69 bits per heavy atom.